The van der Waals surface area contributed by atoms with Gasteiger partial charge in [-0.25, -0.2) is 4.79 Å². The molecule has 3 aromatic rings. The third-order valence-corrected chi connectivity index (χ3v) is 4.99. The minimum Gasteiger partial charge on any atom is -0.356 e. The maximum absolute atomic E-state index is 12.8. The number of amides is 3. The van der Waals surface area contributed by atoms with E-state index in [9.17, 15) is 9.59 Å². The van der Waals surface area contributed by atoms with Gasteiger partial charge in [-0.15, -0.1) is 0 Å². The lowest BCUT2D eigenvalue weighted by atomic mass is 9.95. The van der Waals surface area contributed by atoms with E-state index in [4.69, 9.17) is 4.52 Å². The van der Waals surface area contributed by atoms with E-state index in [1.807, 2.05) is 47.2 Å². The Morgan fingerprint density at radius 1 is 1.24 bits per heavy atom. The van der Waals surface area contributed by atoms with Gasteiger partial charge in [-0.2, -0.15) is 11.3 Å². The highest BCUT2D eigenvalue weighted by Gasteiger charge is 2.49. The average molecular weight is 353 g/mol. The van der Waals surface area contributed by atoms with Gasteiger partial charge in [0.05, 0.1) is 6.54 Å². The standard InChI is InChI=1S/C18H15N3O3S/c1-18(13-7-8-25-11-13)16(22)21(17(23)19-18)10-14-9-15(24-20-14)12-5-3-2-4-6-12/h2-9,11H,10H2,1H3,(H,19,23)/t18-/m1/s1. The minimum absolute atomic E-state index is 0.0702. The fourth-order valence-electron chi connectivity index (χ4n) is 2.87. The molecule has 0 radical (unpaired) electrons. The van der Waals surface area contributed by atoms with Crippen molar-refractivity contribution in [3.63, 3.8) is 0 Å². The van der Waals surface area contributed by atoms with Gasteiger partial charge in [-0.3, -0.25) is 9.69 Å². The Balaban J connectivity index is 1.56. The molecule has 0 aliphatic carbocycles. The maximum Gasteiger partial charge on any atom is 0.325 e. The number of thiophene rings is 1. The number of nitrogens with zero attached hydrogens (tertiary/aromatic N) is 2. The van der Waals surface area contributed by atoms with Gasteiger partial charge in [0.1, 0.15) is 11.2 Å². The monoisotopic (exact) mass is 353 g/mol. The van der Waals surface area contributed by atoms with E-state index in [1.165, 1.54) is 16.2 Å². The summed E-state index contributed by atoms with van der Waals surface area (Å²) in [4.78, 5) is 26.3. The van der Waals surface area contributed by atoms with Crippen molar-refractivity contribution in [2.45, 2.75) is 19.0 Å². The number of benzene rings is 1. The summed E-state index contributed by atoms with van der Waals surface area (Å²) >= 11 is 1.49. The summed E-state index contributed by atoms with van der Waals surface area (Å²) in [5.41, 5.74) is 1.16. The highest BCUT2D eigenvalue weighted by molar-refractivity contribution is 7.08. The second kappa shape index (κ2) is 5.86. The first-order valence-electron chi connectivity index (χ1n) is 7.76. The Labute approximate surface area is 148 Å². The van der Waals surface area contributed by atoms with Crippen molar-refractivity contribution >= 4 is 23.3 Å². The molecular formula is C18H15N3O3S. The Hall–Kier alpha value is -2.93. The molecule has 2 aromatic heterocycles. The van der Waals surface area contributed by atoms with Gasteiger partial charge in [-0.05, 0) is 29.3 Å². The van der Waals surface area contributed by atoms with E-state index >= 15 is 0 Å². The molecule has 3 heterocycles. The molecule has 126 valence electrons. The third-order valence-electron chi connectivity index (χ3n) is 4.31. The highest BCUT2D eigenvalue weighted by atomic mass is 32.1. The number of rotatable bonds is 4. The van der Waals surface area contributed by atoms with E-state index in [-0.39, 0.29) is 12.5 Å². The Morgan fingerprint density at radius 3 is 2.76 bits per heavy atom. The van der Waals surface area contributed by atoms with Crippen LogP contribution in [0.1, 0.15) is 18.2 Å². The number of urea groups is 1. The lowest BCUT2D eigenvalue weighted by molar-refractivity contribution is -0.131. The number of carbonyl (C=O) groups excluding carboxylic acids is 2. The lowest BCUT2D eigenvalue weighted by Gasteiger charge is -2.20. The summed E-state index contributed by atoms with van der Waals surface area (Å²) in [5, 5.41) is 10.5. The topological polar surface area (TPSA) is 75.4 Å². The van der Waals surface area contributed by atoms with Gasteiger partial charge in [0, 0.05) is 11.6 Å². The van der Waals surface area contributed by atoms with Crippen molar-refractivity contribution < 1.29 is 14.1 Å². The molecule has 1 saturated heterocycles. The van der Waals surface area contributed by atoms with Crippen LogP contribution < -0.4 is 5.32 Å². The normalized spacial score (nSPS) is 20.1. The molecule has 1 fully saturated rings. The first kappa shape index (κ1) is 15.6. The van der Waals surface area contributed by atoms with Crippen LogP contribution in [0.25, 0.3) is 11.3 Å². The van der Waals surface area contributed by atoms with Crippen LogP contribution in [0.4, 0.5) is 4.79 Å². The van der Waals surface area contributed by atoms with E-state index in [0.29, 0.717) is 11.5 Å². The number of carbonyl (C=O) groups is 2. The van der Waals surface area contributed by atoms with Crippen LogP contribution in [0.5, 0.6) is 0 Å². The maximum atomic E-state index is 12.8. The lowest BCUT2D eigenvalue weighted by Crippen LogP contribution is -2.40. The molecule has 0 spiro atoms. The van der Waals surface area contributed by atoms with Crippen LogP contribution in [0.15, 0.2) is 57.7 Å². The second-order valence-electron chi connectivity index (χ2n) is 6.01. The van der Waals surface area contributed by atoms with Gasteiger partial charge in [0.25, 0.3) is 5.91 Å². The first-order chi connectivity index (χ1) is 12.1. The van der Waals surface area contributed by atoms with E-state index < -0.39 is 11.6 Å². The van der Waals surface area contributed by atoms with Gasteiger partial charge in [0.15, 0.2) is 5.76 Å². The van der Waals surface area contributed by atoms with E-state index in [2.05, 4.69) is 10.5 Å². The molecule has 1 aliphatic heterocycles. The van der Waals surface area contributed by atoms with Gasteiger partial charge in [-0.1, -0.05) is 35.5 Å². The Morgan fingerprint density at radius 2 is 2.04 bits per heavy atom. The molecule has 4 rings (SSSR count). The molecule has 3 amide bonds. The molecule has 6 nitrogen and oxygen atoms in total. The Kier molecular flexibility index (Phi) is 3.65. The second-order valence-corrected chi connectivity index (χ2v) is 6.79. The number of hydrogen-bond donors (Lipinski definition) is 1. The predicted molar refractivity (Wildman–Crippen MR) is 92.7 cm³/mol. The first-order valence-corrected chi connectivity index (χ1v) is 8.70. The van der Waals surface area contributed by atoms with Crippen molar-refractivity contribution in [3.05, 3.63) is 64.5 Å². The summed E-state index contributed by atoms with van der Waals surface area (Å²) in [6, 6.07) is 12.7. The highest BCUT2D eigenvalue weighted by Crippen LogP contribution is 2.31. The zero-order valence-corrected chi connectivity index (χ0v) is 14.2. The van der Waals surface area contributed by atoms with Gasteiger partial charge in [0.2, 0.25) is 0 Å². The molecule has 0 saturated carbocycles. The van der Waals surface area contributed by atoms with Crippen LogP contribution >= 0.6 is 11.3 Å². The SMILES string of the molecule is C[C@]1(c2ccsc2)NC(=O)N(Cc2cc(-c3ccccc3)on2)C1=O. The zero-order valence-electron chi connectivity index (χ0n) is 13.4. The molecule has 7 heteroatoms. The smallest absolute Gasteiger partial charge is 0.325 e. The summed E-state index contributed by atoms with van der Waals surface area (Å²) in [5.74, 6) is 0.309. The molecule has 0 unspecified atom stereocenters. The van der Waals surface area contributed by atoms with Crippen LogP contribution in [0.2, 0.25) is 0 Å². The van der Waals surface area contributed by atoms with Crippen molar-refractivity contribution in [2.75, 3.05) is 0 Å². The number of hydrogen-bond acceptors (Lipinski definition) is 5. The van der Waals surface area contributed by atoms with Crippen LogP contribution in [0, 0.1) is 0 Å². The third kappa shape index (κ3) is 2.62. The van der Waals surface area contributed by atoms with Crippen LogP contribution in [0.3, 0.4) is 0 Å². The zero-order chi connectivity index (χ0) is 17.4. The molecule has 0 bridgehead atoms. The molecular weight excluding hydrogens is 338 g/mol. The molecule has 1 aliphatic rings. The van der Waals surface area contributed by atoms with E-state index in [0.717, 1.165) is 11.1 Å². The van der Waals surface area contributed by atoms with Gasteiger partial charge < -0.3 is 9.84 Å². The summed E-state index contributed by atoms with van der Waals surface area (Å²) < 4.78 is 5.34. The fraction of sp³-hybridized carbons (Fsp3) is 0.167. The average Bonchev–Trinajstić information content (AvgIpc) is 3.34. The minimum atomic E-state index is -1.04. The predicted octanol–water partition coefficient (Wildman–Crippen LogP) is 3.37. The Bertz CT molecular complexity index is 920. The summed E-state index contributed by atoms with van der Waals surface area (Å²) in [7, 11) is 0. The molecule has 25 heavy (non-hydrogen) atoms. The van der Waals surface area contributed by atoms with Crippen molar-refractivity contribution in [1.29, 1.82) is 0 Å². The number of aromatic nitrogens is 1. The fourth-order valence-corrected chi connectivity index (χ4v) is 3.64. The number of nitrogens with one attached hydrogen (secondary N) is 1. The van der Waals surface area contributed by atoms with Crippen molar-refractivity contribution in [1.82, 2.24) is 15.4 Å². The van der Waals surface area contributed by atoms with Crippen molar-refractivity contribution in [3.8, 4) is 11.3 Å². The molecule has 1 atom stereocenters. The molecule has 1 aromatic carbocycles. The van der Waals surface area contributed by atoms with E-state index in [1.54, 1.807) is 13.0 Å². The summed E-state index contributed by atoms with van der Waals surface area (Å²) in [6.45, 7) is 1.79. The summed E-state index contributed by atoms with van der Waals surface area (Å²) in [6.07, 6.45) is 0. The number of imide groups is 1. The van der Waals surface area contributed by atoms with Gasteiger partial charge >= 0.3 is 6.03 Å². The van der Waals surface area contributed by atoms with Crippen LogP contribution in [-0.2, 0) is 16.9 Å². The van der Waals surface area contributed by atoms with Crippen molar-refractivity contribution in [2.24, 2.45) is 0 Å². The largest absolute Gasteiger partial charge is 0.356 e. The quantitative estimate of drug-likeness (QED) is 0.730. The van der Waals surface area contributed by atoms with Crippen LogP contribution in [-0.4, -0.2) is 22.0 Å². The molecule has 1 N–H and O–H groups in total.